The first-order chi connectivity index (χ1) is 14.3. The molecule has 4 heteroatoms. The van der Waals surface area contributed by atoms with Crippen molar-refractivity contribution in [1.82, 2.24) is 0 Å². The van der Waals surface area contributed by atoms with Gasteiger partial charge in [0.25, 0.3) is 0 Å². The normalized spacial score (nSPS) is 20.7. The lowest BCUT2D eigenvalue weighted by molar-refractivity contribution is -0.926. The van der Waals surface area contributed by atoms with Crippen LogP contribution in [0.25, 0.3) is 0 Å². The lowest BCUT2D eigenvalue weighted by atomic mass is 9.86. The van der Waals surface area contributed by atoms with E-state index in [1.54, 1.807) is 4.90 Å². The summed E-state index contributed by atoms with van der Waals surface area (Å²) in [5.41, 5.74) is 4.00. The predicted molar refractivity (Wildman–Crippen MR) is 122 cm³/mol. The first-order valence-electron chi connectivity index (χ1n) is 11.4. The van der Waals surface area contributed by atoms with Crippen LogP contribution < -0.4 is 15.0 Å². The van der Waals surface area contributed by atoms with Crippen molar-refractivity contribution in [2.45, 2.75) is 64.6 Å². The van der Waals surface area contributed by atoms with Crippen molar-refractivity contribution in [1.29, 1.82) is 0 Å². The third-order valence-electron chi connectivity index (χ3n) is 6.25. The fraction of sp³-hybridized carbons (Fsp3) is 0.538. The summed E-state index contributed by atoms with van der Waals surface area (Å²) in [4.78, 5) is 1.67. The maximum absolute atomic E-state index is 10.4. The van der Waals surface area contributed by atoms with Gasteiger partial charge < -0.3 is 20.1 Å². The number of aryl methyl sites for hydroxylation is 1. The highest BCUT2D eigenvalue weighted by atomic mass is 16.5. The lowest BCUT2D eigenvalue weighted by Crippen LogP contribution is -3.13. The van der Waals surface area contributed by atoms with E-state index in [9.17, 15) is 5.11 Å². The van der Waals surface area contributed by atoms with Gasteiger partial charge in [-0.2, -0.15) is 0 Å². The molecule has 0 unspecified atom stereocenters. The average Bonchev–Trinajstić information content (AvgIpc) is 2.72. The van der Waals surface area contributed by atoms with Crippen LogP contribution in [0.3, 0.4) is 0 Å². The smallest absolute Gasteiger partial charge is 0.137 e. The highest BCUT2D eigenvalue weighted by molar-refractivity contribution is 5.38. The molecule has 1 fully saturated rings. The molecule has 0 spiro atoms. The van der Waals surface area contributed by atoms with Gasteiger partial charge in [0.15, 0.2) is 0 Å². The molecule has 0 bridgehead atoms. The van der Waals surface area contributed by atoms with E-state index in [2.05, 4.69) is 75.5 Å². The summed E-state index contributed by atoms with van der Waals surface area (Å²) in [6, 6.07) is 17.8. The van der Waals surface area contributed by atoms with Gasteiger partial charge in [-0.3, -0.25) is 0 Å². The van der Waals surface area contributed by atoms with Gasteiger partial charge in [-0.15, -0.1) is 0 Å². The monoisotopic (exact) mass is 412 g/mol. The number of nitrogens with two attached hydrogens (primary N) is 1. The fourth-order valence-electron chi connectivity index (χ4n) is 4.23. The molecule has 1 saturated heterocycles. The summed E-state index contributed by atoms with van der Waals surface area (Å²) in [6.07, 6.45) is 1.98. The van der Waals surface area contributed by atoms with Crippen LogP contribution >= 0.6 is 0 Å². The summed E-state index contributed by atoms with van der Waals surface area (Å²) in [5.74, 6) is 0.875. The third-order valence-corrected chi connectivity index (χ3v) is 6.25. The Morgan fingerprint density at radius 1 is 1.10 bits per heavy atom. The molecule has 30 heavy (non-hydrogen) atoms. The minimum atomic E-state index is -0.443. The van der Waals surface area contributed by atoms with Gasteiger partial charge in [-0.1, -0.05) is 63.2 Å². The van der Waals surface area contributed by atoms with Gasteiger partial charge in [0.05, 0.1) is 19.1 Å². The molecule has 0 amide bonds. The molecular formula is C26H40N2O2+2. The standard InChI is InChI=1S/C26H38N2O2/c1-20-16-22(26(2,3)4)10-11-25(20)30-19-24(29)17-27-23-12-14-28(15-13-23)18-21-8-6-5-7-9-21/h5-11,16,23-24,27,29H,12-15,17-19H2,1-4H3/p+2/t24-/m0/s1. The van der Waals surface area contributed by atoms with Gasteiger partial charge in [0, 0.05) is 18.4 Å². The van der Waals surface area contributed by atoms with Crippen molar-refractivity contribution in [3.05, 3.63) is 65.2 Å². The molecule has 4 N–H and O–H groups in total. The zero-order valence-electron chi connectivity index (χ0n) is 19.2. The second kappa shape index (κ2) is 10.4. The van der Waals surface area contributed by atoms with Crippen LogP contribution in [0.4, 0.5) is 0 Å². The van der Waals surface area contributed by atoms with Crippen LogP contribution in [0.15, 0.2) is 48.5 Å². The van der Waals surface area contributed by atoms with E-state index in [0.717, 1.165) is 17.9 Å². The van der Waals surface area contributed by atoms with Crippen molar-refractivity contribution < 1.29 is 20.1 Å². The number of aliphatic hydroxyl groups is 1. The van der Waals surface area contributed by atoms with Crippen LogP contribution in [-0.4, -0.2) is 43.5 Å². The number of ether oxygens (including phenoxy) is 1. The average molecular weight is 413 g/mol. The summed E-state index contributed by atoms with van der Waals surface area (Å²) in [5, 5.41) is 12.7. The van der Waals surface area contributed by atoms with Crippen molar-refractivity contribution in [3.8, 4) is 5.75 Å². The quantitative estimate of drug-likeness (QED) is 0.620. The molecular weight excluding hydrogens is 372 g/mol. The number of rotatable bonds is 8. The molecule has 1 aliphatic heterocycles. The zero-order chi connectivity index (χ0) is 21.6. The molecule has 0 aromatic heterocycles. The highest BCUT2D eigenvalue weighted by Gasteiger charge is 2.25. The van der Waals surface area contributed by atoms with E-state index >= 15 is 0 Å². The van der Waals surface area contributed by atoms with Gasteiger partial charge in [0.1, 0.15) is 31.5 Å². The first-order valence-corrected chi connectivity index (χ1v) is 11.4. The lowest BCUT2D eigenvalue weighted by Gasteiger charge is -2.28. The Bertz CT molecular complexity index is 777. The van der Waals surface area contributed by atoms with Crippen LogP contribution in [0.5, 0.6) is 5.75 Å². The molecule has 1 heterocycles. The molecule has 2 aromatic carbocycles. The molecule has 0 saturated carbocycles. The van der Waals surface area contributed by atoms with Crippen LogP contribution in [0.1, 0.15) is 50.3 Å². The maximum atomic E-state index is 10.4. The fourth-order valence-corrected chi connectivity index (χ4v) is 4.23. The van der Waals surface area contributed by atoms with Crippen molar-refractivity contribution in [2.75, 3.05) is 26.2 Å². The van der Waals surface area contributed by atoms with Gasteiger partial charge in [-0.25, -0.2) is 0 Å². The number of likely N-dealkylation sites (tertiary alicyclic amines) is 1. The molecule has 0 radical (unpaired) electrons. The molecule has 4 nitrogen and oxygen atoms in total. The Hall–Kier alpha value is -1.88. The Labute approximate surface area is 182 Å². The molecule has 1 aliphatic rings. The largest absolute Gasteiger partial charge is 0.490 e. The summed E-state index contributed by atoms with van der Waals surface area (Å²) in [6.45, 7) is 13.3. The Morgan fingerprint density at radius 3 is 2.43 bits per heavy atom. The third kappa shape index (κ3) is 6.83. The Morgan fingerprint density at radius 2 is 1.80 bits per heavy atom. The van der Waals surface area contributed by atoms with Crippen LogP contribution in [0.2, 0.25) is 0 Å². The summed E-state index contributed by atoms with van der Waals surface area (Å²) < 4.78 is 5.92. The van der Waals surface area contributed by atoms with E-state index in [0.29, 0.717) is 19.2 Å². The number of nitrogens with one attached hydrogen (secondary N) is 1. The number of quaternary nitrogens is 2. The van der Waals surface area contributed by atoms with E-state index in [1.807, 2.05) is 6.07 Å². The Kier molecular flexibility index (Phi) is 7.93. The van der Waals surface area contributed by atoms with Crippen molar-refractivity contribution in [2.24, 2.45) is 0 Å². The number of hydrogen-bond acceptors (Lipinski definition) is 2. The van der Waals surface area contributed by atoms with Crippen LogP contribution in [0, 0.1) is 6.92 Å². The van der Waals surface area contributed by atoms with Gasteiger partial charge >= 0.3 is 0 Å². The Balaban J connectivity index is 1.36. The SMILES string of the molecule is Cc1cc(C(C)(C)C)ccc1OC[C@@H](O)C[NH2+]C1CC[NH+](Cc2ccccc2)CC1. The summed E-state index contributed by atoms with van der Waals surface area (Å²) >= 11 is 0. The van der Waals surface area contributed by atoms with Gasteiger partial charge in [-0.05, 0) is 29.5 Å². The molecule has 1 atom stereocenters. The number of benzene rings is 2. The first kappa shape index (κ1) is 22.8. The van der Waals surface area contributed by atoms with E-state index in [1.165, 1.54) is 37.1 Å². The van der Waals surface area contributed by atoms with Gasteiger partial charge in [0.2, 0.25) is 0 Å². The highest BCUT2D eigenvalue weighted by Crippen LogP contribution is 2.27. The molecule has 2 aromatic rings. The zero-order valence-corrected chi connectivity index (χ0v) is 19.2. The number of piperidine rings is 1. The number of aliphatic hydroxyl groups excluding tert-OH is 1. The van der Waals surface area contributed by atoms with Crippen molar-refractivity contribution in [3.63, 3.8) is 0 Å². The molecule has 3 rings (SSSR count). The van der Waals surface area contributed by atoms with E-state index in [4.69, 9.17) is 4.74 Å². The molecule has 164 valence electrons. The minimum absolute atomic E-state index is 0.135. The van der Waals surface area contributed by atoms with E-state index in [-0.39, 0.29) is 5.41 Å². The minimum Gasteiger partial charge on any atom is -0.490 e. The van der Waals surface area contributed by atoms with Crippen LogP contribution in [-0.2, 0) is 12.0 Å². The second-order valence-electron chi connectivity index (χ2n) is 9.92. The number of hydrogen-bond donors (Lipinski definition) is 3. The molecule has 0 aliphatic carbocycles. The predicted octanol–water partition coefficient (Wildman–Crippen LogP) is 1.84. The topological polar surface area (TPSA) is 50.5 Å². The van der Waals surface area contributed by atoms with E-state index < -0.39 is 6.10 Å². The summed E-state index contributed by atoms with van der Waals surface area (Å²) in [7, 11) is 0. The maximum Gasteiger partial charge on any atom is 0.137 e. The van der Waals surface area contributed by atoms with Crippen molar-refractivity contribution >= 4 is 0 Å². The second-order valence-corrected chi connectivity index (χ2v) is 9.92.